The van der Waals surface area contributed by atoms with Crippen LogP contribution in [0.4, 0.5) is 4.39 Å². The first kappa shape index (κ1) is 16.1. The molecule has 0 saturated carbocycles. The molecule has 0 amide bonds. The van der Waals surface area contributed by atoms with Crippen LogP contribution in [0.2, 0.25) is 0 Å². The van der Waals surface area contributed by atoms with Crippen molar-refractivity contribution in [3.05, 3.63) is 52.0 Å². The molecule has 21 heavy (non-hydrogen) atoms. The summed E-state index contributed by atoms with van der Waals surface area (Å²) in [6.45, 7) is 4.23. The summed E-state index contributed by atoms with van der Waals surface area (Å²) in [6, 6.07) is 6.83. The number of hydrogen-bond donors (Lipinski definition) is 2. The van der Waals surface area contributed by atoms with E-state index in [1.54, 1.807) is 12.1 Å². The fourth-order valence-corrected chi connectivity index (χ4v) is 2.55. The zero-order valence-corrected chi connectivity index (χ0v) is 13.8. The van der Waals surface area contributed by atoms with Crippen LogP contribution >= 0.6 is 15.9 Å². The molecule has 0 aliphatic carbocycles. The Bertz CT molecular complexity index is 599. The molecular formula is C15H20BrFN4. The number of halogens is 2. The maximum atomic E-state index is 14.0. The molecule has 2 atom stereocenters. The van der Waals surface area contributed by atoms with E-state index in [-0.39, 0.29) is 11.9 Å². The molecule has 3 N–H and O–H groups in total. The van der Waals surface area contributed by atoms with E-state index in [0.29, 0.717) is 18.0 Å². The summed E-state index contributed by atoms with van der Waals surface area (Å²) in [5.74, 6) is 5.32. The zero-order valence-electron chi connectivity index (χ0n) is 12.2. The van der Waals surface area contributed by atoms with E-state index in [4.69, 9.17) is 5.84 Å². The van der Waals surface area contributed by atoms with E-state index < -0.39 is 0 Å². The van der Waals surface area contributed by atoms with E-state index in [1.807, 2.05) is 16.9 Å². The highest BCUT2D eigenvalue weighted by Gasteiger charge is 2.17. The van der Waals surface area contributed by atoms with E-state index in [1.165, 1.54) is 6.07 Å². The van der Waals surface area contributed by atoms with Gasteiger partial charge in [0.2, 0.25) is 0 Å². The first-order valence-corrected chi connectivity index (χ1v) is 7.79. The van der Waals surface area contributed by atoms with Gasteiger partial charge in [-0.25, -0.2) is 4.39 Å². The van der Waals surface area contributed by atoms with Gasteiger partial charge in [0.05, 0.1) is 11.7 Å². The second kappa shape index (κ2) is 7.15. The Hall–Kier alpha value is -1.24. The molecule has 114 valence electrons. The summed E-state index contributed by atoms with van der Waals surface area (Å²) in [4.78, 5) is 0. The first-order chi connectivity index (χ1) is 10.0. The maximum Gasteiger partial charge on any atom is 0.128 e. The van der Waals surface area contributed by atoms with Gasteiger partial charge in [-0.2, -0.15) is 5.10 Å². The van der Waals surface area contributed by atoms with E-state index >= 15 is 0 Å². The minimum atomic E-state index is -0.317. The van der Waals surface area contributed by atoms with Gasteiger partial charge < -0.3 is 0 Å². The van der Waals surface area contributed by atoms with Gasteiger partial charge in [0.25, 0.3) is 0 Å². The lowest BCUT2D eigenvalue weighted by molar-refractivity contribution is 0.463. The third-order valence-corrected chi connectivity index (χ3v) is 4.15. The molecule has 2 unspecified atom stereocenters. The van der Waals surface area contributed by atoms with Crippen LogP contribution in [0.1, 0.15) is 43.6 Å². The molecule has 1 heterocycles. The van der Waals surface area contributed by atoms with Gasteiger partial charge in [0.15, 0.2) is 0 Å². The topological polar surface area (TPSA) is 55.9 Å². The van der Waals surface area contributed by atoms with E-state index in [9.17, 15) is 4.39 Å². The van der Waals surface area contributed by atoms with Crippen molar-refractivity contribution in [1.82, 2.24) is 15.2 Å². The highest BCUT2D eigenvalue weighted by molar-refractivity contribution is 9.10. The van der Waals surface area contributed by atoms with Crippen LogP contribution in [-0.2, 0) is 6.42 Å². The van der Waals surface area contributed by atoms with Crippen molar-refractivity contribution in [3.8, 4) is 0 Å². The normalized spacial score (nSPS) is 14.1. The van der Waals surface area contributed by atoms with E-state index in [0.717, 1.165) is 16.6 Å². The predicted octanol–water partition coefficient (Wildman–Crippen LogP) is 3.50. The van der Waals surface area contributed by atoms with Crippen LogP contribution < -0.4 is 11.3 Å². The Morgan fingerprint density at radius 1 is 1.43 bits per heavy atom. The molecule has 2 rings (SSSR count). The minimum absolute atomic E-state index is 0.275. The average Bonchev–Trinajstić information content (AvgIpc) is 2.95. The molecule has 1 aromatic heterocycles. The minimum Gasteiger partial charge on any atom is -0.271 e. The SMILES string of the molecule is CCC(C)n1ccc(CC(NN)c2cc(Br)ccc2F)n1. The number of nitrogens with two attached hydrogens (primary N) is 1. The summed E-state index contributed by atoms with van der Waals surface area (Å²) in [5, 5.41) is 4.53. The van der Waals surface area contributed by atoms with Gasteiger partial charge in [-0.1, -0.05) is 22.9 Å². The average molecular weight is 355 g/mol. The van der Waals surface area contributed by atoms with Crippen molar-refractivity contribution in [3.63, 3.8) is 0 Å². The summed E-state index contributed by atoms with van der Waals surface area (Å²) >= 11 is 3.36. The van der Waals surface area contributed by atoms with Gasteiger partial charge >= 0.3 is 0 Å². The molecule has 1 aromatic carbocycles. The lowest BCUT2D eigenvalue weighted by Gasteiger charge is -2.16. The van der Waals surface area contributed by atoms with Crippen molar-refractivity contribution in [1.29, 1.82) is 0 Å². The van der Waals surface area contributed by atoms with Crippen LogP contribution in [0, 0.1) is 5.82 Å². The van der Waals surface area contributed by atoms with Gasteiger partial charge in [-0.05, 0) is 37.6 Å². The number of rotatable bonds is 6. The number of hydrogen-bond acceptors (Lipinski definition) is 3. The molecular weight excluding hydrogens is 335 g/mol. The molecule has 2 aromatic rings. The van der Waals surface area contributed by atoms with Gasteiger partial charge in [0, 0.05) is 28.7 Å². The third-order valence-electron chi connectivity index (χ3n) is 3.65. The second-order valence-electron chi connectivity index (χ2n) is 5.13. The lowest BCUT2D eigenvalue weighted by atomic mass is 10.0. The van der Waals surface area contributed by atoms with E-state index in [2.05, 4.69) is 40.3 Å². The Labute approximate surface area is 132 Å². The summed E-state index contributed by atoms with van der Waals surface area (Å²) < 4.78 is 16.7. The van der Waals surface area contributed by atoms with Gasteiger partial charge in [0.1, 0.15) is 5.82 Å². The quantitative estimate of drug-likeness (QED) is 0.616. The standard InChI is InChI=1S/C15H20BrFN4/c1-3-10(2)21-7-6-12(20-21)9-15(19-18)13-8-11(16)4-5-14(13)17/h4-8,10,15,19H,3,9,18H2,1-2H3. The highest BCUT2D eigenvalue weighted by Crippen LogP contribution is 2.24. The molecule has 0 radical (unpaired) electrons. The van der Waals surface area contributed by atoms with Gasteiger partial charge in [-0.3, -0.25) is 16.0 Å². The Morgan fingerprint density at radius 3 is 2.86 bits per heavy atom. The maximum absolute atomic E-state index is 14.0. The Balaban J connectivity index is 2.19. The van der Waals surface area contributed by atoms with Crippen molar-refractivity contribution < 1.29 is 4.39 Å². The number of nitrogens with zero attached hydrogens (tertiary/aromatic N) is 2. The predicted molar refractivity (Wildman–Crippen MR) is 85.1 cm³/mol. The van der Waals surface area contributed by atoms with Crippen LogP contribution in [0.25, 0.3) is 0 Å². The number of aromatic nitrogens is 2. The number of benzene rings is 1. The van der Waals surface area contributed by atoms with Crippen LogP contribution in [0.3, 0.4) is 0 Å². The molecule has 0 bridgehead atoms. The lowest BCUT2D eigenvalue weighted by Crippen LogP contribution is -2.30. The van der Waals surface area contributed by atoms with Crippen LogP contribution in [0.15, 0.2) is 34.9 Å². The van der Waals surface area contributed by atoms with Crippen LogP contribution in [-0.4, -0.2) is 9.78 Å². The number of hydrazine groups is 1. The van der Waals surface area contributed by atoms with Crippen molar-refractivity contribution in [2.75, 3.05) is 0 Å². The number of nitrogens with one attached hydrogen (secondary N) is 1. The molecule has 4 nitrogen and oxygen atoms in total. The Kier molecular flexibility index (Phi) is 5.50. The molecule has 0 fully saturated rings. The molecule has 0 saturated heterocycles. The van der Waals surface area contributed by atoms with Crippen molar-refractivity contribution in [2.24, 2.45) is 5.84 Å². The molecule has 0 aliphatic heterocycles. The Morgan fingerprint density at radius 2 is 2.19 bits per heavy atom. The molecule has 0 spiro atoms. The summed E-state index contributed by atoms with van der Waals surface area (Å²) in [6.07, 6.45) is 3.50. The first-order valence-electron chi connectivity index (χ1n) is 7.00. The van der Waals surface area contributed by atoms with Crippen molar-refractivity contribution >= 4 is 15.9 Å². The summed E-state index contributed by atoms with van der Waals surface area (Å²) in [5.41, 5.74) is 4.10. The summed E-state index contributed by atoms with van der Waals surface area (Å²) in [7, 11) is 0. The zero-order chi connectivity index (χ0) is 15.4. The smallest absolute Gasteiger partial charge is 0.128 e. The largest absolute Gasteiger partial charge is 0.271 e. The van der Waals surface area contributed by atoms with Gasteiger partial charge in [-0.15, -0.1) is 0 Å². The fourth-order valence-electron chi connectivity index (χ4n) is 2.17. The highest BCUT2D eigenvalue weighted by atomic mass is 79.9. The van der Waals surface area contributed by atoms with Crippen molar-refractivity contribution in [2.45, 2.75) is 38.8 Å². The second-order valence-corrected chi connectivity index (χ2v) is 6.05. The monoisotopic (exact) mass is 354 g/mol. The molecule has 0 aliphatic rings. The fraction of sp³-hybridized carbons (Fsp3) is 0.400. The van der Waals surface area contributed by atoms with Crippen LogP contribution in [0.5, 0.6) is 0 Å². The molecule has 6 heteroatoms. The third kappa shape index (κ3) is 3.90.